The topological polar surface area (TPSA) is 20.3 Å². The minimum Gasteiger partial charge on any atom is -0.300 e. The van der Waals surface area contributed by atoms with Crippen LogP contribution in [0.15, 0.2) is 0 Å². The fourth-order valence-corrected chi connectivity index (χ4v) is 2.34. The fourth-order valence-electron chi connectivity index (χ4n) is 2.34. The predicted molar refractivity (Wildman–Crippen MR) is 66.0 cm³/mol. The molecule has 0 bridgehead atoms. The molecule has 0 rings (SSSR count). The van der Waals surface area contributed by atoms with Gasteiger partial charge in [-0.05, 0) is 40.5 Å². The standard InChI is InChI=1S/C13H27NO/c1-9(2)13(8-12(7)15)14(10(3)4)11(5)6/h9-11,13H,8H2,1-7H3. The third-order valence-electron chi connectivity index (χ3n) is 2.84. The molecule has 0 radical (unpaired) electrons. The molecule has 15 heavy (non-hydrogen) atoms. The van der Waals surface area contributed by atoms with Crippen molar-refractivity contribution >= 4 is 5.78 Å². The molecule has 0 aromatic heterocycles. The van der Waals surface area contributed by atoms with Gasteiger partial charge in [0.1, 0.15) is 5.78 Å². The van der Waals surface area contributed by atoms with Gasteiger partial charge >= 0.3 is 0 Å². The summed E-state index contributed by atoms with van der Waals surface area (Å²) in [4.78, 5) is 13.7. The third kappa shape index (κ3) is 4.78. The third-order valence-corrected chi connectivity index (χ3v) is 2.84. The smallest absolute Gasteiger partial charge is 0.131 e. The van der Waals surface area contributed by atoms with E-state index in [4.69, 9.17) is 0 Å². The van der Waals surface area contributed by atoms with Crippen LogP contribution in [0, 0.1) is 5.92 Å². The van der Waals surface area contributed by atoms with Crippen molar-refractivity contribution in [2.45, 2.75) is 73.0 Å². The summed E-state index contributed by atoms with van der Waals surface area (Å²) < 4.78 is 0. The van der Waals surface area contributed by atoms with Crippen molar-refractivity contribution in [3.63, 3.8) is 0 Å². The maximum atomic E-state index is 11.3. The summed E-state index contributed by atoms with van der Waals surface area (Å²) in [6.45, 7) is 14.9. The predicted octanol–water partition coefficient (Wildman–Crippen LogP) is 3.11. The van der Waals surface area contributed by atoms with Crippen molar-refractivity contribution in [1.82, 2.24) is 4.90 Å². The minimum atomic E-state index is 0.292. The lowest BCUT2D eigenvalue weighted by Crippen LogP contribution is -2.48. The molecule has 0 N–H and O–H groups in total. The molecule has 0 aliphatic heterocycles. The maximum absolute atomic E-state index is 11.3. The zero-order valence-electron chi connectivity index (χ0n) is 11.4. The Morgan fingerprint density at radius 1 is 1.00 bits per heavy atom. The van der Waals surface area contributed by atoms with Crippen LogP contribution in [0.5, 0.6) is 0 Å². The van der Waals surface area contributed by atoms with Crippen LogP contribution in [0.2, 0.25) is 0 Å². The molecule has 0 spiro atoms. The van der Waals surface area contributed by atoms with Gasteiger partial charge in [0.15, 0.2) is 0 Å². The Labute approximate surface area is 95.0 Å². The Morgan fingerprint density at radius 2 is 1.40 bits per heavy atom. The molecular formula is C13H27NO. The zero-order valence-corrected chi connectivity index (χ0v) is 11.4. The quantitative estimate of drug-likeness (QED) is 0.675. The van der Waals surface area contributed by atoms with E-state index in [1.165, 1.54) is 0 Å². The van der Waals surface area contributed by atoms with E-state index >= 15 is 0 Å². The summed E-state index contributed by atoms with van der Waals surface area (Å²) in [5.41, 5.74) is 0. The van der Waals surface area contributed by atoms with Gasteiger partial charge in [-0.2, -0.15) is 0 Å². The molecule has 0 aromatic rings. The van der Waals surface area contributed by atoms with Crippen LogP contribution in [-0.4, -0.2) is 28.8 Å². The van der Waals surface area contributed by atoms with Gasteiger partial charge in [0.05, 0.1) is 0 Å². The molecule has 2 heteroatoms. The monoisotopic (exact) mass is 213 g/mol. The number of hydrogen-bond donors (Lipinski definition) is 0. The van der Waals surface area contributed by atoms with Crippen molar-refractivity contribution in [3.05, 3.63) is 0 Å². The van der Waals surface area contributed by atoms with Crippen LogP contribution in [0.1, 0.15) is 54.9 Å². The van der Waals surface area contributed by atoms with E-state index in [1.807, 2.05) is 0 Å². The van der Waals surface area contributed by atoms with Crippen LogP contribution in [-0.2, 0) is 4.79 Å². The highest BCUT2D eigenvalue weighted by Gasteiger charge is 2.27. The van der Waals surface area contributed by atoms with Gasteiger partial charge in [0.25, 0.3) is 0 Å². The second-order valence-electron chi connectivity index (χ2n) is 5.35. The first-order valence-corrected chi connectivity index (χ1v) is 6.04. The molecule has 0 aliphatic rings. The Hall–Kier alpha value is -0.370. The van der Waals surface area contributed by atoms with Gasteiger partial charge in [0, 0.05) is 24.5 Å². The molecular weight excluding hydrogens is 186 g/mol. The van der Waals surface area contributed by atoms with E-state index in [-0.39, 0.29) is 0 Å². The fraction of sp³-hybridized carbons (Fsp3) is 0.923. The Morgan fingerprint density at radius 3 is 1.60 bits per heavy atom. The highest BCUT2D eigenvalue weighted by Crippen LogP contribution is 2.20. The molecule has 1 atom stereocenters. The summed E-state index contributed by atoms with van der Waals surface area (Å²) in [7, 11) is 0. The van der Waals surface area contributed by atoms with Crippen molar-refractivity contribution in [1.29, 1.82) is 0 Å². The number of nitrogens with zero attached hydrogens (tertiary/aromatic N) is 1. The number of carbonyl (C=O) groups is 1. The second-order valence-corrected chi connectivity index (χ2v) is 5.35. The van der Waals surface area contributed by atoms with E-state index in [0.717, 1.165) is 0 Å². The normalized spacial score (nSPS) is 14.3. The first-order valence-electron chi connectivity index (χ1n) is 6.04. The maximum Gasteiger partial charge on any atom is 0.131 e. The van der Waals surface area contributed by atoms with Crippen LogP contribution in [0.4, 0.5) is 0 Å². The lowest BCUT2D eigenvalue weighted by Gasteiger charge is -2.40. The van der Waals surface area contributed by atoms with Crippen molar-refractivity contribution in [3.8, 4) is 0 Å². The summed E-state index contributed by atoms with van der Waals surface area (Å²) >= 11 is 0. The van der Waals surface area contributed by atoms with Crippen LogP contribution >= 0.6 is 0 Å². The molecule has 0 aliphatic carbocycles. The summed E-state index contributed by atoms with van der Waals surface area (Å²) in [6.07, 6.45) is 0.675. The Balaban J connectivity index is 4.75. The van der Waals surface area contributed by atoms with Gasteiger partial charge in [-0.15, -0.1) is 0 Å². The van der Waals surface area contributed by atoms with Gasteiger partial charge < -0.3 is 0 Å². The number of carbonyl (C=O) groups excluding carboxylic acids is 1. The van der Waals surface area contributed by atoms with Gasteiger partial charge in [-0.25, -0.2) is 0 Å². The average Bonchev–Trinajstić information content (AvgIpc) is 2.00. The van der Waals surface area contributed by atoms with Gasteiger partial charge in [-0.3, -0.25) is 9.69 Å². The van der Waals surface area contributed by atoms with Crippen LogP contribution < -0.4 is 0 Å². The molecule has 0 fully saturated rings. The second kappa shape index (κ2) is 6.26. The lowest BCUT2D eigenvalue weighted by atomic mass is 9.94. The number of rotatable bonds is 6. The largest absolute Gasteiger partial charge is 0.300 e. The van der Waals surface area contributed by atoms with E-state index in [0.29, 0.717) is 36.2 Å². The summed E-state index contributed by atoms with van der Waals surface area (Å²) in [5.74, 6) is 0.818. The van der Waals surface area contributed by atoms with Crippen molar-refractivity contribution in [2.75, 3.05) is 0 Å². The number of Topliss-reactive ketones (excluding diaryl/α,β-unsaturated/α-hetero) is 1. The lowest BCUT2D eigenvalue weighted by molar-refractivity contribution is -0.119. The van der Waals surface area contributed by atoms with Gasteiger partial charge in [0.2, 0.25) is 0 Å². The highest BCUT2D eigenvalue weighted by atomic mass is 16.1. The molecule has 0 saturated carbocycles. The molecule has 0 saturated heterocycles. The van der Waals surface area contributed by atoms with Crippen molar-refractivity contribution in [2.24, 2.45) is 5.92 Å². The van der Waals surface area contributed by atoms with E-state index in [2.05, 4.69) is 46.4 Å². The average molecular weight is 213 g/mol. The first kappa shape index (κ1) is 14.6. The van der Waals surface area contributed by atoms with E-state index in [1.54, 1.807) is 6.92 Å². The number of hydrogen-bond acceptors (Lipinski definition) is 2. The molecule has 0 aromatic carbocycles. The zero-order chi connectivity index (χ0) is 12.2. The molecule has 0 heterocycles. The van der Waals surface area contributed by atoms with Crippen molar-refractivity contribution < 1.29 is 4.79 Å². The van der Waals surface area contributed by atoms with E-state index < -0.39 is 0 Å². The first-order chi connectivity index (χ1) is 6.77. The number of ketones is 1. The highest BCUT2D eigenvalue weighted by molar-refractivity contribution is 5.76. The van der Waals surface area contributed by atoms with Crippen LogP contribution in [0.3, 0.4) is 0 Å². The van der Waals surface area contributed by atoms with Gasteiger partial charge in [-0.1, -0.05) is 13.8 Å². The Kier molecular flexibility index (Phi) is 6.11. The molecule has 90 valence electrons. The molecule has 2 nitrogen and oxygen atoms in total. The minimum absolute atomic E-state index is 0.292. The SMILES string of the molecule is CC(=O)CC(C(C)C)N(C(C)C)C(C)C. The molecule has 0 amide bonds. The summed E-state index contributed by atoms with van der Waals surface area (Å²) in [5, 5.41) is 0. The molecule has 1 unspecified atom stereocenters. The Bertz CT molecular complexity index is 189. The van der Waals surface area contributed by atoms with E-state index in [9.17, 15) is 4.79 Å². The van der Waals surface area contributed by atoms with Crippen LogP contribution in [0.25, 0.3) is 0 Å². The summed E-state index contributed by atoms with van der Waals surface area (Å²) in [6, 6.07) is 1.37.